The molecule has 0 bridgehead atoms. The molecule has 0 radical (unpaired) electrons. The van der Waals surface area contributed by atoms with Crippen LogP contribution in [-0.4, -0.2) is 56.6 Å². The average molecular weight is 245 g/mol. The quantitative estimate of drug-likeness (QED) is 0.556. The molecule has 0 aliphatic carbocycles. The molecule has 0 saturated heterocycles. The fourth-order valence-corrected chi connectivity index (χ4v) is 1.24. The smallest absolute Gasteiger partial charge is 0.239 e. The van der Waals surface area contributed by atoms with Gasteiger partial charge in [-0.05, 0) is 13.3 Å². The van der Waals surface area contributed by atoms with Crippen LogP contribution in [0.5, 0.6) is 0 Å². The predicted octanol–water partition coefficient (Wildman–Crippen LogP) is -0.665. The Morgan fingerprint density at radius 1 is 1.47 bits per heavy atom. The van der Waals surface area contributed by atoms with Gasteiger partial charge in [-0.25, -0.2) is 0 Å². The molecule has 0 aromatic rings. The molecule has 1 atom stereocenters. The van der Waals surface area contributed by atoms with Gasteiger partial charge in [0.05, 0.1) is 6.54 Å². The van der Waals surface area contributed by atoms with Crippen LogP contribution in [-0.2, 0) is 14.3 Å². The molecule has 0 aliphatic rings. The van der Waals surface area contributed by atoms with E-state index in [2.05, 4.69) is 5.32 Å². The van der Waals surface area contributed by atoms with Crippen molar-refractivity contribution in [3.8, 4) is 0 Å². The third-order valence-electron chi connectivity index (χ3n) is 2.15. The highest BCUT2D eigenvalue weighted by Crippen LogP contribution is 1.93. The summed E-state index contributed by atoms with van der Waals surface area (Å²) in [5.74, 6) is -0.284. The summed E-state index contributed by atoms with van der Waals surface area (Å²) in [5.41, 5.74) is 5.51. The van der Waals surface area contributed by atoms with Crippen LogP contribution in [0.2, 0.25) is 0 Å². The molecule has 0 aromatic heterocycles. The Morgan fingerprint density at radius 3 is 2.65 bits per heavy atom. The minimum atomic E-state index is -0.185. The number of ether oxygens (including phenoxy) is 1. The molecule has 2 amide bonds. The molecule has 0 rings (SSSR count). The number of nitrogens with two attached hydrogens (primary N) is 1. The van der Waals surface area contributed by atoms with Gasteiger partial charge in [0.1, 0.15) is 0 Å². The first-order valence-electron chi connectivity index (χ1n) is 5.72. The molecule has 0 spiro atoms. The van der Waals surface area contributed by atoms with Crippen molar-refractivity contribution in [3.05, 3.63) is 0 Å². The summed E-state index contributed by atoms with van der Waals surface area (Å²) in [7, 11) is 3.21. The number of carbonyl (C=O) groups is 2. The lowest BCUT2D eigenvalue weighted by Crippen LogP contribution is -2.40. The first-order chi connectivity index (χ1) is 7.97. The van der Waals surface area contributed by atoms with Crippen LogP contribution in [0.4, 0.5) is 0 Å². The van der Waals surface area contributed by atoms with Crippen molar-refractivity contribution >= 4 is 11.8 Å². The maximum atomic E-state index is 11.5. The Hall–Kier alpha value is -1.14. The highest BCUT2D eigenvalue weighted by Gasteiger charge is 2.13. The van der Waals surface area contributed by atoms with E-state index >= 15 is 0 Å². The fraction of sp³-hybridized carbons (Fsp3) is 0.818. The van der Waals surface area contributed by atoms with Gasteiger partial charge in [-0.3, -0.25) is 9.59 Å². The molecular formula is C11H23N3O3. The largest absolute Gasteiger partial charge is 0.385 e. The SMILES string of the molecule is COCCCNC(=O)CN(C)C(=O)CC(C)N. The Labute approximate surface area is 102 Å². The number of carbonyl (C=O) groups excluding carboxylic acids is 2. The Balaban J connectivity index is 3.75. The second kappa shape index (κ2) is 8.95. The number of nitrogens with one attached hydrogen (secondary N) is 1. The van der Waals surface area contributed by atoms with Crippen LogP contribution in [0, 0.1) is 0 Å². The molecule has 0 saturated carbocycles. The summed E-state index contributed by atoms with van der Waals surface area (Å²) in [6, 6.07) is -0.185. The van der Waals surface area contributed by atoms with E-state index in [9.17, 15) is 9.59 Å². The normalized spacial score (nSPS) is 12.0. The number of likely N-dealkylation sites (N-methyl/N-ethyl adjacent to an activating group) is 1. The van der Waals surface area contributed by atoms with Gasteiger partial charge in [-0.15, -0.1) is 0 Å². The van der Waals surface area contributed by atoms with Crippen molar-refractivity contribution in [2.45, 2.75) is 25.8 Å². The number of methoxy groups -OCH3 is 1. The zero-order valence-electron chi connectivity index (χ0n) is 10.9. The summed E-state index contributed by atoms with van der Waals surface area (Å²) < 4.78 is 4.86. The van der Waals surface area contributed by atoms with Gasteiger partial charge in [-0.2, -0.15) is 0 Å². The number of hydrogen-bond acceptors (Lipinski definition) is 4. The molecule has 0 heterocycles. The summed E-state index contributed by atoms with van der Waals surface area (Å²) in [6.45, 7) is 3.00. The van der Waals surface area contributed by atoms with Gasteiger partial charge in [0.25, 0.3) is 0 Å². The van der Waals surface area contributed by atoms with E-state index in [0.717, 1.165) is 6.42 Å². The minimum Gasteiger partial charge on any atom is -0.385 e. The predicted molar refractivity (Wildman–Crippen MR) is 65.4 cm³/mol. The van der Waals surface area contributed by atoms with Crippen molar-refractivity contribution < 1.29 is 14.3 Å². The minimum absolute atomic E-state index is 0.0680. The number of amides is 2. The lowest BCUT2D eigenvalue weighted by molar-refractivity contribution is -0.134. The van der Waals surface area contributed by atoms with Crippen LogP contribution in [0.15, 0.2) is 0 Å². The second-order valence-corrected chi connectivity index (χ2v) is 4.13. The van der Waals surface area contributed by atoms with Crippen molar-refractivity contribution in [3.63, 3.8) is 0 Å². The number of rotatable bonds is 8. The molecule has 0 aliphatic heterocycles. The molecule has 0 aromatic carbocycles. The van der Waals surface area contributed by atoms with E-state index in [4.69, 9.17) is 10.5 Å². The number of nitrogens with zero attached hydrogens (tertiary/aromatic N) is 1. The van der Waals surface area contributed by atoms with Crippen LogP contribution in [0.1, 0.15) is 19.8 Å². The Kier molecular flexibility index (Phi) is 8.35. The van der Waals surface area contributed by atoms with E-state index in [0.29, 0.717) is 13.2 Å². The summed E-state index contributed by atoms with van der Waals surface area (Å²) in [4.78, 5) is 24.3. The van der Waals surface area contributed by atoms with Crippen LogP contribution >= 0.6 is 0 Å². The van der Waals surface area contributed by atoms with Crippen LogP contribution in [0.3, 0.4) is 0 Å². The third-order valence-corrected chi connectivity index (χ3v) is 2.15. The van der Waals surface area contributed by atoms with Crippen molar-refractivity contribution in [2.75, 3.05) is 33.9 Å². The Morgan fingerprint density at radius 2 is 2.12 bits per heavy atom. The van der Waals surface area contributed by atoms with Crippen molar-refractivity contribution in [2.24, 2.45) is 5.73 Å². The topological polar surface area (TPSA) is 84.7 Å². The Bertz CT molecular complexity index is 244. The van der Waals surface area contributed by atoms with Gasteiger partial charge in [0.15, 0.2) is 0 Å². The molecule has 6 nitrogen and oxygen atoms in total. The van der Waals surface area contributed by atoms with Crippen molar-refractivity contribution in [1.82, 2.24) is 10.2 Å². The molecule has 17 heavy (non-hydrogen) atoms. The van der Waals surface area contributed by atoms with Crippen molar-refractivity contribution in [1.29, 1.82) is 0 Å². The standard InChI is InChI=1S/C11H23N3O3/c1-9(12)7-11(16)14(2)8-10(15)13-5-4-6-17-3/h9H,4-8,12H2,1-3H3,(H,13,15). The lowest BCUT2D eigenvalue weighted by atomic mass is 10.2. The van der Waals surface area contributed by atoms with Gasteiger partial charge < -0.3 is 20.7 Å². The number of hydrogen-bond donors (Lipinski definition) is 2. The molecular weight excluding hydrogens is 222 g/mol. The summed E-state index contributed by atoms with van der Waals surface area (Å²) in [5, 5.41) is 2.71. The average Bonchev–Trinajstić information content (AvgIpc) is 2.23. The summed E-state index contributed by atoms with van der Waals surface area (Å²) >= 11 is 0. The van der Waals surface area contributed by atoms with Crippen LogP contribution in [0.25, 0.3) is 0 Å². The first-order valence-corrected chi connectivity index (χ1v) is 5.72. The van der Waals surface area contributed by atoms with Gasteiger partial charge in [0.2, 0.25) is 11.8 Å². The lowest BCUT2D eigenvalue weighted by Gasteiger charge is -2.17. The van der Waals surface area contributed by atoms with Crippen LogP contribution < -0.4 is 11.1 Å². The highest BCUT2D eigenvalue weighted by molar-refractivity contribution is 5.84. The highest BCUT2D eigenvalue weighted by atomic mass is 16.5. The fourth-order valence-electron chi connectivity index (χ4n) is 1.24. The molecule has 6 heteroatoms. The first kappa shape index (κ1) is 15.9. The van der Waals surface area contributed by atoms with E-state index in [1.165, 1.54) is 4.90 Å². The third kappa shape index (κ3) is 8.65. The monoisotopic (exact) mass is 245 g/mol. The van der Waals surface area contributed by atoms with E-state index < -0.39 is 0 Å². The van der Waals surface area contributed by atoms with E-state index in [1.807, 2.05) is 0 Å². The zero-order valence-corrected chi connectivity index (χ0v) is 10.9. The summed E-state index contributed by atoms with van der Waals surface area (Å²) in [6.07, 6.45) is 1.02. The second-order valence-electron chi connectivity index (χ2n) is 4.13. The molecule has 0 fully saturated rings. The maximum Gasteiger partial charge on any atom is 0.239 e. The molecule has 100 valence electrons. The molecule has 3 N–H and O–H groups in total. The zero-order chi connectivity index (χ0) is 13.3. The van der Waals surface area contributed by atoms with Gasteiger partial charge >= 0.3 is 0 Å². The maximum absolute atomic E-state index is 11.5. The van der Waals surface area contributed by atoms with Gasteiger partial charge in [0, 0.05) is 39.8 Å². The van der Waals surface area contributed by atoms with Gasteiger partial charge in [-0.1, -0.05) is 0 Å². The molecule has 1 unspecified atom stereocenters. The van der Waals surface area contributed by atoms with E-state index in [-0.39, 0.29) is 30.8 Å². The van der Waals surface area contributed by atoms with E-state index in [1.54, 1.807) is 21.1 Å².